The zero-order valence-corrected chi connectivity index (χ0v) is 10.5. The lowest BCUT2D eigenvalue weighted by molar-refractivity contribution is -0.121. The third-order valence-corrected chi connectivity index (χ3v) is 2.65. The topological polar surface area (TPSA) is 52.6 Å². The largest absolute Gasteiger partial charge is 0.489 e. The predicted molar refractivity (Wildman–Crippen MR) is 63.2 cm³/mol. The molecule has 0 fully saturated rings. The van der Waals surface area contributed by atoms with Crippen molar-refractivity contribution < 1.29 is 19.1 Å². The number of carbonyl (C=O) groups excluding carboxylic acids is 2. The lowest BCUT2D eigenvalue weighted by Gasteiger charge is -2.19. The van der Waals surface area contributed by atoms with E-state index < -0.39 is 0 Å². The van der Waals surface area contributed by atoms with Crippen LogP contribution in [0, 0.1) is 0 Å². The number of methoxy groups -OCH3 is 2. The van der Waals surface area contributed by atoms with E-state index in [4.69, 9.17) is 9.47 Å². The zero-order valence-electron chi connectivity index (χ0n) is 10.5. The molecule has 0 atom stereocenters. The van der Waals surface area contributed by atoms with Crippen LogP contribution in [0.5, 0.6) is 0 Å². The summed E-state index contributed by atoms with van der Waals surface area (Å²) in [6.07, 6.45) is 4.09. The van der Waals surface area contributed by atoms with Gasteiger partial charge in [-0.1, -0.05) is 12.2 Å². The van der Waals surface area contributed by atoms with Crippen LogP contribution in [0.3, 0.4) is 0 Å². The van der Waals surface area contributed by atoms with Crippen LogP contribution in [-0.2, 0) is 19.1 Å². The highest BCUT2D eigenvalue weighted by Crippen LogP contribution is 2.27. The second kappa shape index (κ2) is 5.48. The Bertz CT molecular complexity index is 438. The number of hydrogen-bond acceptors (Lipinski definition) is 4. The molecule has 92 valence electrons. The van der Waals surface area contributed by atoms with Crippen LogP contribution in [0.1, 0.15) is 20.3 Å². The molecule has 0 saturated carbocycles. The average molecular weight is 236 g/mol. The van der Waals surface area contributed by atoms with Crippen LogP contribution in [0.2, 0.25) is 0 Å². The Kier molecular flexibility index (Phi) is 4.26. The molecule has 1 aliphatic rings. The minimum atomic E-state index is -0.288. The Morgan fingerprint density at radius 1 is 1.06 bits per heavy atom. The highest BCUT2D eigenvalue weighted by Gasteiger charge is 2.33. The Hall–Kier alpha value is -1.84. The molecule has 0 aromatic carbocycles. The van der Waals surface area contributed by atoms with Gasteiger partial charge in [0.1, 0.15) is 0 Å². The standard InChI is InChI=1S/C13H16O4/c1-5-6-7-9-8(2)10(14)12(16-3)13(17-4)11(9)15/h5-6H,7H2,1-4H3/b6-5+. The molecule has 1 rings (SSSR count). The highest BCUT2D eigenvalue weighted by atomic mass is 16.5. The van der Waals surface area contributed by atoms with E-state index >= 15 is 0 Å². The molecular weight excluding hydrogens is 220 g/mol. The number of allylic oxidation sites excluding steroid dienone is 4. The van der Waals surface area contributed by atoms with Crippen molar-refractivity contribution in [3.8, 4) is 0 Å². The summed E-state index contributed by atoms with van der Waals surface area (Å²) in [5, 5.41) is 0. The van der Waals surface area contributed by atoms with Gasteiger partial charge >= 0.3 is 0 Å². The molecule has 17 heavy (non-hydrogen) atoms. The Labute approximate surface area is 101 Å². The fraction of sp³-hybridized carbons (Fsp3) is 0.385. The Morgan fingerprint density at radius 3 is 2.06 bits per heavy atom. The molecule has 0 amide bonds. The summed E-state index contributed by atoms with van der Waals surface area (Å²) in [4.78, 5) is 24.0. The van der Waals surface area contributed by atoms with Crippen molar-refractivity contribution in [2.45, 2.75) is 20.3 Å². The average Bonchev–Trinajstić information content (AvgIpc) is 2.33. The smallest absolute Gasteiger partial charge is 0.228 e. The molecular formula is C13H16O4. The maximum absolute atomic E-state index is 12.1. The van der Waals surface area contributed by atoms with Gasteiger partial charge in [-0.05, 0) is 20.3 Å². The van der Waals surface area contributed by atoms with Gasteiger partial charge in [0, 0.05) is 11.1 Å². The molecule has 0 unspecified atom stereocenters. The van der Waals surface area contributed by atoms with Gasteiger partial charge in [0.25, 0.3) is 0 Å². The monoisotopic (exact) mass is 236 g/mol. The fourth-order valence-corrected chi connectivity index (χ4v) is 1.67. The molecule has 4 heteroatoms. The molecule has 0 N–H and O–H groups in total. The second-order valence-electron chi connectivity index (χ2n) is 3.60. The summed E-state index contributed by atoms with van der Waals surface area (Å²) >= 11 is 0. The lowest BCUT2D eigenvalue weighted by Crippen LogP contribution is -2.24. The number of Topliss-reactive ketones (excluding diaryl/α,β-unsaturated/α-hetero) is 2. The first-order valence-electron chi connectivity index (χ1n) is 5.31. The molecule has 0 spiro atoms. The van der Waals surface area contributed by atoms with Crippen molar-refractivity contribution in [1.82, 2.24) is 0 Å². The number of ketones is 2. The van der Waals surface area contributed by atoms with E-state index in [1.165, 1.54) is 14.2 Å². The molecule has 0 saturated heterocycles. The SMILES string of the molecule is C/C=C/CC1=C(C)C(=O)C(OC)=C(OC)C1=O. The van der Waals surface area contributed by atoms with Gasteiger partial charge in [-0.25, -0.2) is 0 Å². The van der Waals surface area contributed by atoms with Crippen molar-refractivity contribution >= 4 is 11.6 Å². The van der Waals surface area contributed by atoms with E-state index in [9.17, 15) is 9.59 Å². The Morgan fingerprint density at radius 2 is 1.59 bits per heavy atom. The summed E-state index contributed by atoms with van der Waals surface area (Å²) in [7, 11) is 2.71. The summed E-state index contributed by atoms with van der Waals surface area (Å²) < 4.78 is 9.89. The van der Waals surface area contributed by atoms with Gasteiger partial charge in [-0.3, -0.25) is 9.59 Å². The van der Waals surface area contributed by atoms with Crippen molar-refractivity contribution in [2.75, 3.05) is 14.2 Å². The van der Waals surface area contributed by atoms with Gasteiger partial charge in [-0.15, -0.1) is 0 Å². The quantitative estimate of drug-likeness (QED) is 0.553. The van der Waals surface area contributed by atoms with Gasteiger partial charge < -0.3 is 9.47 Å². The van der Waals surface area contributed by atoms with Crippen molar-refractivity contribution in [3.05, 3.63) is 34.8 Å². The minimum Gasteiger partial charge on any atom is -0.489 e. The second-order valence-corrected chi connectivity index (χ2v) is 3.60. The van der Waals surface area contributed by atoms with E-state index in [0.717, 1.165) is 0 Å². The number of rotatable bonds is 4. The van der Waals surface area contributed by atoms with Gasteiger partial charge in [0.15, 0.2) is 0 Å². The van der Waals surface area contributed by atoms with Crippen molar-refractivity contribution in [3.63, 3.8) is 0 Å². The molecule has 4 nitrogen and oxygen atoms in total. The first kappa shape index (κ1) is 13.2. The third-order valence-electron chi connectivity index (χ3n) is 2.65. The number of carbonyl (C=O) groups is 2. The van der Waals surface area contributed by atoms with Crippen LogP contribution in [0.15, 0.2) is 34.8 Å². The minimum absolute atomic E-state index is 0.0115. The van der Waals surface area contributed by atoms with Crippen LogP contribution in [-0.4, -0.2) is 25.8 Å². The molecule has 0 aliphatic heterocycles. The zero-order chi connectivity index (χ0) is 13.0. The predicted octanol–water partition coefficient (Wildman–Crippen LogP) is 1.93. The van der Waals surface area contributed by atoms with E-state index in [-0.39, 0.29) is 23.1 Å². The highest BCUT2D eigenvalue weighted by molar-refractivity contribution is 6.23. The first-order valence-corrected chi connectivity index (χ1v) is 5.31. The first-order chi connectivity index (χ1) is 8.08. The van der Waals surface area contributed by atoms with E-state index in [0.29, 0.717) is 17.6 Å². The maximum atomic E-state index is 12.1. The molecule has 1 aliphatic carbocycles. The summed E-state index contributed by atoms with van der Waals surface area (Å²) in [6, 6.07) is 0. The summed E-state index contributed by atoms with van der Waals surface area (Å²) in [5.74, 6) is -0.593. The molecule has 0 radical (unpaired) electrons. The van der Waals surface area contributed by atoms with Crippen LogP contribution in [0.4, 0.5) is 0 Å². The molecule has 0 aromatic rings. The Balaban J connectivity index is 3.23. The third kappa shape index (κ3) is 2.30. The number of hydrogen-bond donors (Lipinski definition) is 0. The van der Waals surface area contributed by atoms with Gasteiger partial charge in [0.05, 0.1) is 14.2 Å². The normalized spacial score (nSPS) is 17.2. The van der Waals surface area contributed by atoms with Crippen molar-refractivity contribution in [2.24, 2.45) is 0 Å². The molecule has 0 bridgehead atoms. The van der Waals surface area contributed by atoms with Gasteiger partial charge in [0.2, 0.25) is 23.1 Å². The summed E-state index contributed by atoms with van der Waals surface area (Å²) in [6.45, 7) is 3.49. The maximum Gasteiger partial charge on any atom is 0.228 e. The summed E-state index contributed by atoms with van der Waals surface area (Å²) in [5.41, 5.74) is 0.886. The van der Waals surface area contributed by atoms with E-state index in [1.54, 1.807) is 6.92 Å². The van der Waals surface area contributed by atoms with Gasteiger partial charge in [-0.2, -0.15) is 0 Å². The van der Waals surface area contributed by atoms with Crippen LogP contribution >= 0.6 is 0 Å². The lowest BCUT2D eigenvalue weighted by atomic mass is 9.91. The van der Waals surface area contributed by atoms with E-state index in [1.807, 2.05) is 19.1 Å². The molecule has 0 aromatic heterocycles. The number of ether oxygens (including phenoxy) is 2. The van der Waals surface area contributed by atoms with Crippen LogP contribution < -0.4 is 0 Å². The van der Waals surface area contributed by atoms with Crippen LogP contribution in [0.25, 0.3) is 0 Å². The molecule has 0 heterocycles. The van der Waals surface area contributed by atoms with Crippen molar-refractivity contribution in [1.29, 1.82) is 0 Å². The fourth-order valence-electron chi connectivity index (χ4n) is 1.67. The van der Waals surface area contributed by atoms with E-state index in [2.05, 4.69) is 0 Å².